The zero-order valence-electron chi connectivity index (χ0n) is 10.7. The highest BCUT2D eigenvalue weighted by molar-refractivity contribution is 8.26. The van der Waals surface area contributed by atoms with Gasteiger partial charge in [-0.3, -0.25) is 9.78 Å². The summed E-state index contributed by atoms with van der Waals surface area (Å²) in [6, 6.07) is 1.69. The fourth-order valence-corrected chi connectivity index (χ4v) is 2.84. The molecule has 0 unspecified atom stereocenters. The number of furan rings is 1. The van der Waals surface area contributed by atoms with E-state index in [-0.39, 0.29) is 5.91 Å². The molecule has 108 valence electrons. The predicted octanol–water partition coefficient (Wildman–Crippen LogP) is 1.75. The van der Waals surface area contributed by atoms with E-state index in [2.05, 4.69) is 16.2 Å². The van der Waals surface area contributed by atoms with Crippen LogP contribution in [-0.2, 0) is 9.59 Å². The summed E-state index contributed by atoms with van der Waals surface area (Å²) in [5, 5.41) is 11.8. The van der Waals surface area contributed by atoms with Crippen molar-refractivity contribution in [3.05, 3.63) is 34.7 Å². The van der Waals surface area contributed by atoms with Gasteiger partial charge < -0.3 is 14.8 Å². The van der Waals surface area contributed by atoms with Crippen molar-refractivity contribution in [3.63, 3.8) is 0 Å². The Morgan fingerprint density at radius 2 is 2.32 bits per heavy atom. The minimum Gasteiger partial charge on any atom is -0.472 e. The van der Waals surface area contributed by atoms with Crippen LogP contribution in [-0.4, -0.2) is 26.3 Å². The summed E-state index contributed by atoms with van der Waals surface area (Å²) in [4.78, 5) is 26.5. The number of carbonyl (C=O) groups is 2. The number of rotatable bonds is 1. The Bertz CT molecular complexity index is 918. The van der Waals surface area contributed by atoms with Gasteiger partial charge in [0.15, 0.2) is 5.58 Å². The normalized spacial score (nSPS) is 15.7. The fraction of sp³-hybridized carbons (Fsp3) is 0. The second-order valence-electron chi connectivity index (χ2n) is 4.16. The lowest BCUT2D eigenvalue weighted by Gasteiger charge is -1.91. The lowest BCUT2D eigenvalue weighted by molar-refractivity contribution is -0.130. The van der Waals surface area contributed by atoms with E-state index in [4.69, 9.17) is 21.7 Å². The van der Waals surface area contributed by atoms with Crippen molar-refractivity contribution in [2.75, 3.05) is 0 Å². The molecule has 0 radical (unpaired) electrons. The number of thiocarbonyl (C=S) groups is 1. The number of pyridine rings is 1. The summed E-state index contributed by atoms with van der Waals surface area (Å²) in [5.74, 6) is 3.41. The number of fused-ring (bicyclic) bond motifs is 1. The number of carbonyl (C=O) groups excluding carboxylic acids is 1. The summed E-state index contributed by atoms with van der Waals surface area (Å²) in [6.45, 7) is 0. The lowest BCUT2D eigenvalue weighted by atomic mass is 10.2. The van der Waals surface area contributed by atoms with Crippen molar-refractivity contribution in [1.82, 2.24) is 10.3 Å². The molecule has 1 aliphatic heterocycles. The van der Waals surface area contributed by atoms with E-state index in [9.17, 15) is 9.59 Å². The highest BCUT2D eigenvalue weighted by Gasteiger charge is 2.22. The number of amides is 1. The molecular formula is C14H6N2O4S2. The first kappa shape index (κ1) is 14.3. The van der Waals surface area contributed by atoms with Crippen LogP contribution in [0.25, 0.3) is 17.0 Å². The number of hydrogen-bond donors (Lipinski definition) is 2. The molecule has 1 fully saturated rings. The molecule has 0 bridgehead atoms. The molecule has 0 atom stereocenters. The molecule has 3 rings (SSSR count). The van der Waals surface area contributed by atoms with Gasteiger partial charge in [0.2, 0.25) is 0 Å². The van der Waals surface area contributed by atoms with Crippen LogP contribution in [0.4, 0.5) is 0 Å². The first-order valence-corrected chi connectivity index (χ1v) is 7.13. The van der Waals surface area contributed by atoms with Crippen LogP contribution in [0.5, 0.6) is 0 Å². The van der Waals surface area contributed by atoms with Crippen LogP contribution in [0.2, 0.25) is 0 Å². The zero-order valence-corrected chi connectivity index (χ0v) is 12.4. The smallest absolute Gasteiger partial charge is 0.382 e. The van der Waals surface area contributed by atoms with E-state index < -0.39 is 5.97 Å². The number of hydrogen-bond acceptors (Lipinski definition) is 6. The molecule has 22 heavy (non-hydrogen) atoms. The average molecular weight is 330 g/mol. The quantitative estimate of drug-likeness (QED) is 0.467. The molecule has 6 nitrogen and oxygen atoms in total. The van der Waals surface area contributed by atoms with Crippen LogP contribution >= 0.6 is 24.0 Å². The molecule has 2 aromatic rings. The minimum atomic E-state index is -1.24. The van der Waals surface area contributed by atoms with Crippen LogP contribution in [0.15, 0.2) is 27.8 Å². The standard InChI is InChI=1S/C14H6N2O4S2/c17-11(18)2-1-7-5-15-6-8-3-9(20-12(7)8)4-10-13(19)16-14(21)22-10/h3-6H,(H,17,18)(H,16,19,21)/b10-4+. The van der Waals surface area contributed by atoms with Crippen LogP contribution in [0.3, 0.4) is 0 Å². The van der Waals surface area contributed by atoms with Crippen LogP contribution < -0.4 is 5.32 Å². The number of nitrogens with zero attached hydrogens (tertiary/aromatic N) is 1. The van der Waals surface area contributed by atoms with E-state index in [0.717, 1.165) is 11.8 Å². The minimum absolute atomic E-state index is 0.278. The number of carboxylic acid groups (broad SMARTS) is 1. The van der Waals surface area contributed by atoms with Crippen molar-refractivity contribution in [2.45, 2.75) is 0 Å². The molecular weight excluding hydrogens is 324 g/mol. The molecule has 0 spiro atoms. The van der Waals surface area contributed by atoms with Crippen molar-refractivity contribution < 1.29 is 19.1 Å². The number of nitrogens with one attached hydrogen (secondary N) is 1. The molecule has 2 N–H and O–H groups in total. The summed E-state index contributed by atoms with van der Waals surface area (Å²) in [7, 11) is 0. The average Bonchev–Trinajstić information content (AvgIpc) is 2.99. The van der Waals surface area contributed by atoms with Crippen molar-refractivity contribution in [1.29, 1.82) is 0 Å². The van der Waals surface area contributed by atoms with Crippen molar-refractivity contribution >= 4 is 57.2 Å². The van der Waals surface area contributed by atoms with Gasteiger partial charge in [0.1, 0.15) is 10.1 Å². The van der Waals surface area contributed by atoms with Crippen molar-refractivity contribution in [3.8, 4) is 11.8 Å². The van der Waals surface area contributed by atoms with E-state index in [0.29, 0.717) is 31.5 Å². The van der Waals surface area contributed by atoms with Gasteiger partial charge in [0, 0.05) is 29.8 Å². The number of aliphatic carboxylic acids is 1. The molecule has 0 aliphatic carbocycles. The van der Waals surface area contributed by atoms with Crippen molar-refractivity contribution in [2.24, 2.45) is 0 Å². The predicted molar refractivity (Wildman–Crippen MR) is 84.8 cm³/mol. The van der Waals surface area contributed by atoms with E-state index in [1.807, 2.05) is 5.92 Å². The Hall–Kier alpha value is -2.63. The van der Waals surface area contributed by atoms with Gasteiger partial charge in [-0.2, -0.15) is 0 Å². The Kier molecular flexibility index (Phi) is 3.66. The fourth-order valence-electron chi connectivity index (χ4n) is 1.81. The van der Waals surface area contributed by atoms with Gasteiger partial charge in [-0.25, -0.2) is 4.79 Å². The Morgan fingerprint density at radius 1 is 1.50 bits per heavy atom. The van der Waals surface area contributed by atoms with Crippen LogP contribution in [0.1, 0.15) is 11.3 Å². The Balaban J connectivity index is 2.04. The van der Waals surface area contributed by atoms with E-state index >= 15 is 0 Å². The summed E-state index contributed by atoms with van der Waals surface area (Å²) in [6.07, 6.45) is 4.55. The molecule has 8 heteroatoms. The van der Waals surface area contributed by atoms with Gasteiger partial charge in [0.25, 0.3) is 5.91 Å². The van der Waals surface area contributed by atoms with Gasteiger partial charge in [-0.15, -0.1) is 0 Å². The molecule has 2 aromatic heterocycles. The Labute approximate surface area is 133 Å². The maximum atomic E-state index is 11.6. The maximum absolute atomic E-state index is 11.6. The maximum Gasteiger partial charge on any atom is 0.382 e. The molecule has 1 saturated heterocycles. The summed E-state index contributed by atoms with van der Waals surface area (Å²) in [5.41, 5.74) is 0.783. The topological polar surface area (TPSA) is 92.4 Å². The first-order valence-electron chi connectivity index (χ1n) is 5.90. The van der Waals surface area contributed by atoms with E-state index in [1.54, 1.807) is 18.3 Å². The largest absolute Gasteiger partial charge is 0.472 e. The molecule has 0 saturated carbocycles. The second-order valence-corrected chi connectivity index (χ2v) is 5.88. The van der Waals surface area contributed by atoms with Crippen LogP contribution in [0, 0.1) is 11.8 Å². The van der Waals surface area contributed by atoms with Gasteiger partial charge in [0.05, 0.1) is 10.5 Å². The SMILES string of the molecule is O=C(O)C#Cc1cncc2cc(/C=C3/SC(=S)NC3=O)oc12. The monoisotopic (exact) mass is 330 g/mol. The molecule has 0 aromatic carbocycles. The number of thioether (sulfide) groups is 1. The highest BCUT2D eigenvalue weighted by Crippen LogP contribution is 2.28. The third-order valence-electron chi connectivity index (χ3n) is 2.66. The zero-order chi connectivity index (χ0) is 15.7. The second kappa shape index (κ2) is 5.63. The lowest BCUT2D eigenvalue weighted by Crippen LogP contribution is -2.17. The molecule has 1 amide bonds. The third kappa shape index (κ3) is 2.86. The number of carboxylic acids is 1. The third-order valence-corrected chi connectivity index (χ3v) is 3.82. The van der Waals surface area contributed by atoms with E-state index in [1.165, 1.54) is 6.20 Å². The molecule has 3 heterocycles. The molecule has 1 aliphatic rings. The first-order chi connectivity index (χ1) is 10.5. The summed E-state index contributed by atoms with van der Waals surface area (Å²) >= 11 is 6.06. The van der Waals surface area contributed by atoms with Gasteiger partial charge >= 0.3 is 5.97 Å². The summed E-state index contributed by atoms with van der Waals surface area (Å²) < 4.78 is 6.02. The van der Waals surface area contributed by atoms with Gasteiger partial charge in [-0.05, 0) is 12.0 Å². The number of aromatic nitrogens is 1. The highest BCUT2D eigenvalue weighted by atomic mass is 32.2. The Morgan fingerprint density at radius 3 is 3.00 bits per heavy atom. The van der Waals surface area contributed by atoms with Gasteiger partial charge in [-0.1, -0.05) is 24.0 Å².